The molecule has 3 rings (SSSR count). The first-order valence-corrected chi connectivity index (χ1v) is 8.42. The SMILES string of the molecule is CC(CNC(=O)c1cc([N+](=O)[O-])c[nH]c1=O)N1CCc2ccccc2C1. The number of rotatable bonds is 5. The predicted molar refractivity (Wildman–Crippen MR) is 96.1 cm³/mol. The number of fused-ring (bicyclic) bond motifs is 1. The van der Waals surface area contributed by atoms with Crippen molar-refractivity contribution < 1.29 is 9.72 Å². The van der Waals surface area contributed by atoms with E-state index in [1.807, 2.05) is 19.1 Å². The second-order valence-electron chi connectivity index (χ2n) is 6.41. The van der Waals surface area contributed by atoms with Crippen LogP contribution in [-0.2, 0) is 13.0 Å². The van der Waals surface area contributed by atoms with Gasteiger partial charge in [0.05, 0.1) is 11.1 Å². The molecule has 2 aromatic rings. The van der Waals surface area contributed by atoms with Gasteiger partial charge < -0.3 is 10.3 Å². The molecule has 1 unspecified atom stereocenters. The summed E-state index contributed by atoms with van der Waals surface area (Å²) in [6.45, 7) is 4.06. The summed E-state index contributed by atoms with van der Waals surface area (Å²) in [6, 6.07) is 9.36. The Bertz CT molecular complexity index is 893. The highest BCUT2D eigenvalue weighted by molar-refractivity contribution is 5.94. The largest absolute Gasteiger partial charge is 0.350 e. The van der Waals surface area contributed by atoms with Crippen LogP contribution in [0.1, 0.15) is 28.4 Å². The van der Waals surface area contributed by atoms with Gasteiger partial charge in [0.2, 0.25) is 0 Å². The fourth-order valence-electron chi connectivity index (χ4n) is 3.10. The first-order chi connectivity index (χ1) is 12.5. The zero-order valence-corrected chi connectivity index (χ0v) is 14.4. The van der Waals surface area contributed by atoms with Gasteiger partial charge in [-0.3, -0.25) is 24.6 Å². The van der Waals surface area contributed by atoms with Crippen LogP contribution in [0.15, 0.2) is 41.3 Å². The van der Waals surface area contributed by atoms with E-state index in [-0.39, 0.29) is 17.3 Å². The van der Waals surface area contributed by atoms with E-state index in [2.05, 4.69) is 27.3 Å². The van der Waals surface area contributed by atoms with Gasteiger partial charge >= 0.3 is 0 Å². The van der Waals surface area contributed by atoms with Crippen molar-refractivity contribution in [1.29, 1.82) is 0 Å². The van der Waals surface area contributed by atoms with Crippen LogP contribution in [0.2, 0.25) is 0 Å². The quantitative estimate of drug-likeness (QED) is 0.623. The number of carbonyl (C=O) groups excluding carboxylic acids is 1. The van der Waals surface area contributed by atoms with Gasteiger partial charge in [-0.2, -0.15) is 0 Å². The number of amides is 1. The lowest BCUT2D eigenvalue weighted by molar-refractivity contribution is -0.385. The number of nitrogens with one attached hydrogen (secondary N) is 2. The first-order valence-electron chi connectivity index (χ1n) is 8.42. The average molecular weight is 356 g/mol. The van der Waals surface area contributed by atoms with Gasteiger partial charge in [0, 0.05) is 31.7 Å². The number of aromatic amines is 1. The summed E-state index contributed by atoms with van der Waals surface area (Å²) in [4.78, 5) is 38.7. The van der Waals surface area contributed by atoms with Crippen LogP contribution >= 0.6 is 0 Å². The minimum Gasteiger partial charge on any atom is -0.350 e. The van der Waals surface area contributed by atoms with Gasteiger partial charge in [-0.15, -0.1) is 0 Å². The van der Waals surface area contributed by atoms with Crippen LogP contribution in [0.4, 0.5) is 5.69 Å². The molecule has 1 aliphatic rings. The molecule has 0 saturated heterocycles. The van der Waals surface area contributed by atoms with E-state index in [1.165, 1.54) is 11.1 Å². The summed E-state index contributed by atoms with van der Waals surface area (Å²) in [6.07, 6.45) is 1.94. The molecule has 26 heavy (non-hydrogen) atoms. The summed E-state index contributed by atoms with van der Waals surface area (Å²) in [5.74, 6) is -0.612. The molecule has 136 valence electrons. The van der Waals surface area contributed by atoms with Crippen LogP contribution in [0.5, 0.6) is 0 Å². The van der Waals surface area contributed by atoms with E-state index < -0.39 is 16.4 Å². The Balaban J connectivity index is 1.62. The van der Waals surface area contributed by atoms with Crippen molar-refractivity contribution in [3.05, 3.63) is 73.7 Å². The van der Waals surface area contributed by atoms with Crippen molar-refractivity contribution in [3.63, 3.8) is 0 Å². The van der Waals surface area contributed by atoms with Crippen LogP contribution < -0.4 is 10.9 Å². The Labute approximate surface area is 150 Å². The summed E-state index contributed by atoms with van der Waals surface area (Å²) in [5, 5.41) is 13.5. The van der Waals surface area contributed by atoms with Crippen molar-refractivity contribution >= 4 is 11.6 Å². The lowest BCUT2D eigenvalue weighted by Crippen LogP contribution is -2.45. The fraction of sp³-hybridized carbons (Fsp3) is 0.333. The molecule has 0 saturated carbocycles. The summed E-state index contributed by atoms with van der Waals surface area (Å²) < 4.78 is 0. The molecule has 1 aliphatic heterocycles. The first kappa shape index (κ1) is 17.8. The molecule has 2 heterocycles. The van der Waals surface area contributed by atoms with E-state index in [0.717, 1.165) is 31.8 Å². The zero-order valence-electron chi connectivity index (χ0n) is 14.4. The Hall–Kier alpha value is -3.00. The fourth-order valence-corrected chi connectivity index (χ4v) is 3.10. The molecular weight excluding hydrogens is 336 g/mol. The van der Waals surface area contributed by atoms with E-state index in [0.29, 0.717) is 6.54 Å². The molecule has 1 amide bonds. The normalized spacial score (nSPS) is 15.1. The smallest absolute Gasteiger partial charge is 0.286 e. The lowest BCUT2D eigenvalue weighted by Gasteiger charge is -2.33. The standard InChI is InChI=1S/C18H20N4O4/c1-12(21-7-6-13-4-2-3-5-14(13)11-21)9-19-17(23)16-8-15(22(25)26)10-20-18(16)24/h2-5,8,10,12H,6-7,9,11H2,1H3,(H,19,23)(H,20,24). The topological polar surface area (TPSA) is 108 Å². The van der Waals surface area contributed by atoms with E-state index in [1.54, 1.807) is 0 Å². The second kappa shape index (κ2) is 7.49. The molecular formula is C18H20N4O4. The molecule has 8 nitrogen and oxygen atoms in total. The molecule has 1 atom stereocenters. The molecule has 1 aromatic carbocycles. The molecule has 0 radical (unpaired) electrons. The van der Waals surface area contributed by atoms with E-state index in [4.69, 9.17) is 0 Å². The Morgan fingerprint density at radius 1 is 1.38 bits per heavy atom. The number of nitrogens with zero attached hydrogens (tertiary/aromatic N) is 2. The van der Waals surface area contributed by atoms with Crippen LogP contribution in [0.25, 0.3) is 0 Å². The molecule has 0 bridgehead atoms. The van der Waals surface area contributed by atoms with Crippen molar-refractivity contribution in [2.24, 2.45) is 0 Å². The molecule has 8 heteroatoms. The summed E-state index contributed by atoms with van der Waals surface area (Å²) in [7, 11) is 0. The van der Waals surface area contributed by atoms with E-state index >= 15 is 0 Å². The van der Waals surface area contributed by atoms with Crippen LogP contribution in [-0.4, -0.2) is 39.8 Å². The van der Waals surface area contributed by atoms with Crippen LogP contribution in [0.3, 0.4) is 0 Å². The number of hydrogen-bond donors (Lipinski definition) is 2. The number of benzene rings is 1. The van der Waals surface area contributed by atoms with Gasteiger partial charge in [0.15, 0.2) is 0 Å². The third-order valence-corrected chi connectivity index (χ3v) is 4.68. The minimum absolute atomic E-state index is 0.0742. The van der Waals surface area contributed by atoms with Gasteiger partial charge in [0.1, 0.15) is 5.56 Å². The van der Waals surface area contributed by atoms with Gasteiger partial charge in [0.25, 0.3) is 17.2 Å². The van der Waals surface area contributed by atoms with Crippen molar-refractivity contribution in [1.82, 2.24) is 15.2 Å². The second-order valence-corrected chi connectivity index (χ2v) is 6.41. The van der Waals surface area contributed by atoms with Crippen molar-refractivity contribution in [2.75, 3.05) is 13.1 Å². The highest BCUT2D eigenvalue weighted by Crippen LogP contribution is 2.20. The lowest BCUT2D eigenvalue weighted by atomic mass is 9.99. The van der Waals surface area contributed by atoms with Gasteiger partial charge in [-0.1, -0.05) is 24.3 Å². The van der Waals surface area contributed by atoms with Crippen molar-refractivity contribution in [3.8, 4) is 0 Å². The highest BCUT2D eigenvalue weighted by Gasteiger charge is 2.22. The molecule has 0 fully saturated rings. The minimum atomic E-state index is -0.652. The van der Waals surface area contributed by atoms with Gasteiger partial charge in [-0.25, -0.2) is 0 Å². The number of pyridine rings is 1. The monoisotopic (exact) mass is 356 g/mol. The number of carbonyl (C=O) groups is 1. The number of H-pyrrole nitrogens is 1. The number of hydrogen-bond acceptors (Lipinski definition) is 5. The zero-order chi connectivity index (χ0) is 18.7. The summed E-state index contributed by atoms with van der Waals surface area (Å²) >= 11 is 0. The van der Waals surface area contributed by atoms with Gasteiger partial charge in [-0.05, 0) is 24.5 Å². The maximum atomic E-state index is 12.3. The van der Waals surface area contributed by atoms with Crippen LogP contribution in [0, 0.1) is 10.1 Å². The number of nitro groups is 1. The third-order valence-electron chi connectivity index (χ3n) is 4.68. The molecule has 1 aromatic heterocycles. The van der Waals surface area contributed by atoms with E-state index in [9.17, 15) is 19.7 Å². The third kappa shape index (κ3) is 3.80. The number of aromatic nitrogens is 1. The summed E-state index contributed by atoms with van der Waals surface area (Å²) in [5.41, 5.74) is 1.41. The molecule has 2 N–H and O–H groups in total. The average Bonchev–Trinajstić information content (AvgIpc) is 2.65. The highest BCUT2D eigenvalue weighted by atomic mass is 16.6. The predicted octanol–water partition coefficient (Wildman–Crippen LogP) is 1.46. The molecule has 0 spiro atoms. The Morgan fingerprint density at radius 2 is 2.12 bits per heavy atom. The maximum absolute atomic E-state index is 12.3. The Kier molecular flexibility index (Phi) is 5.13. The Morgan fingerprint density at radius 3 is 2.85 bits per heavy atom. The maximum Gasteiger partial charge on any atom is 0.286 e. The van der Waals surface area contributed by atoms with Crippen molar-refractivity contribution in [2.45, 2.75) is 25.9 Å². The molecule has 0 aliphatic carbocycles.